The van der Waals surface area contributed by atoms with Crippen molar-refractivity contribution in [2.45, 2.75) is 58.0 Å². The van der Waals surface area contributed by atoms with E-state index >= 15 is 0 Å². The number of rotatable bonds is 4. The summed E-state index contributed by atoms with van der Waals surface area (Å²) in [6.45, 7) is 4.63. The molecule has 3 amide bonds. The van der Waals surface area contributed by atoms with Gasteiger partial charge in [-0.3, -0.25) is 4.79 Å². The van der Waals surface area contributed by atoms with E-state index in [-0.39, 0.29) is 23.9 Å². The van der Waals surface area contributed by atoms with E-state index in [1.807, 2.05) is 36.9 Å². The summed E-state index contributed by atoms with van der Waals surface area (Å²) in [4.78, 5) is 27.1. The number of hydrogen-bond acceptors (Lipinski definition) is 2. The van der Waals surface area contributed by atoms with Gasteiger partial charge >= 0.3 is 6.03 Å². The quantitative estimate of drug-likeness (QED) is 0.892. The Labute approximate surface area is 143 Å². The minimum atomic E-state index is -0.502. The Kier molecular flexibility index (Phi) is 5.07. The number of urea groups is 1. The van der Waals surface area contributed by atoms with Gasteiger partial charge in [-0.1, -0.05) is 44.9 Å². The van der Waals surface area contributed by atoms with Crippen molar-refractivity contribution in [1.29, 1.82) is 0 Å². The molecule has 130 valence electrons. The highest BCUT2D eigenvalue weighted by Crippen LogP contribution is 2.28. The van der Waals surface area contributed by atoms with Crippen LogP contribution >= 0.6 is 0 Å². The summed E-state index contributed by atoms with van der Waals surface area (Å²) in [5, 5.41) is 5.92. The summed E-state index contributed by atoms with van der Waals surface area (Å²) in [5.74, 6) is 0.0242. The van der Waals surface area contributed by atoms with E-state index in [0.717, 1.165) is 24.9 Å². The first kappa shape index (κ1) is 16.8. The molecule has 1 unspecified atom stereocenters. The topological polar surface area (TPSA) is 61.4 Å². The molecule has 1 atom stereocenters. The van der Waals surface area contributed by atoms with Crippen LogP contribution in [0.2, 0.25) is 0 Å². The predicted molar refractivity (Wildman–Crippen MR) is 95.0 cm³/mol. The van der Waals surface area contributed by atoms with Gasteiger partial charge < -0.3 is 15.5 Å². The number of nitrogens with zero attached hydrogens (tertiary/aromatic N) is 1. The van der Waals surface area contributed by atoms with Gasteiger partial charge in [-0.05, 0) is 36.8 Å². The van der Waals surface area contributed by atoms with E-state index < -0.39 is 6.04 Å². The summed E-state index contributed by atoms with van der Waals surface area (Å²) in [6, 6.07) is 7.53. The standard InChI is InChI=1S/C19H27N3O2/c1-13(2)17(21-19(24)20-15-8-4-5-9-15)18(23)22-12-11-14-7-3-6-10-16(14)22/h3,6-7,10,13,15,17H,4-5,8-9,11-12H2,1-2H3,(H2,20,21,24). The molecule has 3 rings (SSSR count). The molecular weight excluding hydrogens is 302 g/mol. The molecule has 0 aromatic heterocycles. The van der Waals surface area contributed by atoms with E-state index in [9.17, 15) is 9.59 Å². The number of hydrogen-bond donors (Lipinski definition) is 2. The molecule has 1 aliphatic heterocycles. The molecule has 0 bridgehead atoms. The Bertz CT molecular complexity index is 608. The zero-order chi connectivity index (χ0) is 17.1. The Morgan fingerprint density at radius 3 is 2.58 bits per heavy atom. The lowest BCUT2D eigenvalue weighted by atomic mass is 10.0. The number of amides is 3. The molecule has 1 heterocycles. The zero-order valence-electron chi connectivity index (χ0n) is 14.5. The van der Waals surface area contributed by atoms with Crippen LogP contribution in [0.1, 0.15) is 45.1 Å². The Morgan fingerprint density at radius 1 is 1.17 bits per heavy atom. The maximum absolute atomic E-state index is 13.0. The highest BCUT2D eigenvalue weighted by molar-refractivity contribution is 6.00. The van der Waals surface area contributed by atoms with Gasteiger partial charge in [-0.15, -0.1) is 0 Å². The van der Waals surface area contributed by atoms with Crippen LogP contribution in [0.15, 0.2) is 24.3 Å². The highest BCUT2D eigenvalue weighted by atomic mass is 16.2. The number of anilines is 1. The summed E-state index contributed by atoms with van der Waals surface area (Å²) in [7, 11) is 0. The van der Waals surface area contributed by atoms with Gasteiger partial charge in [0.25, 0.3) is 0 Å². The van der Waals surface area contributed by atoms with Gasteiger partial charge in [0.05, 0.1) is 0 Å². The fourth-order valence-electron chi connectivity index (χ4n) is 3.69. The van der Waals surface area contributed by atoms with E-state index in [4.69, 9.17) is 0 Å². The lowest BCUT2D eigenvalue weighted by Crippen LogP contribution is -2.54. The number of nitrogens with one attached hydrogen (secondary N) is 2. The molecule has 24 heavy (non-hydrogen) atoms. The van der Waals surface area contributed by atoms with E-state index in [0.29, 0.717) is 6.54 Å². The summed E-state index contributed by atoms with van der Waals surface area (Å²) in [6.07, 6.45) is 5.28. The average molecular weight is 329 g/mol. The van der Waals surface area contributed by atoms with Crippen molar-refractivity contribution in [2.24, 2.45) is 5.92 Å². The third-order valence-electron chi connectivity index (χ3n) is 5.06. The number of fused-ring (bicyclic) bond motifs is 1. The van der Waals surface area contributed by atoms with Crippen LogP contribution in [0.5, 0.6) is 0 Å². The molecule has 1 aliphatic carbocycles. The smallest absolute Gasteiger partial charge is 0.315 e. The number of benzene rings is 1. The normalized spacial score (nSPS) is 18.5. The Morgan fingerprint density at radius 2 is 1.88 bits per heavy atom. The maximum atomic E-state index is 13.0. The second-order valence-corrected chi connectivity index (χ2v) is 7.19. The Hall–Kier alpha value is -2.04. The monoisotopic (exact) mass is 329 g/mol. The van der Waals surface area contributed by atoms with Gasteiger partial charge in [0.1, 0.15) is 6.04 Å². The average Bonchev–Trinajstić information content (AvgIpc) is 3.21. The number of carbonyl (C=O) groups excluding carboxylic acids is 2. The van der Waals surface area contributed by atoms with Crippen molar-refractivity contribution in [3.63, 3.8) is 0 Å². The Balaban J connectivity index is 1.67. The van der Waals surface area contributed by atoms with Crippen LogP contribution in [0.4, 0.5) is 10.5 Å². The largest absolute Gasteiger partial charge is 0.335 e. The summed E-state index contributed by atoms with van der Waals surface area (Å²) >= 11 is 0. The highest BCUT2D eigenvalue weighted by Gasteiger charge is 2.33. The van der Waals surface area contributed by atoms with Crippen molar-refractivity contribution in [1.82, 2.24) is 10.6 Å². The molecule has 5 nitrogen and oxygen atoms in total. The van der Waals surface area contributed by atoms with Crippen LogP contribution in [-0.2, 0) is 11.2 Å². The van der Waals surface area contributed by atoms with Crippen molar-refractivity contribution in [3.8, 4) is 0 Å². The van der Waals surface area contributed by atoms with Crippen molar-refractivity contribution in [3.05, 3.63) is 29.8 Å². The predicted octanol–water partition coefficient (Wildman–Crippen LogP) is 2.84. The van der Waals surface area contributed by atoms with E-state index in [1.54, 1.807) is 0 Å². The first-order valence-electron chi connectivity index (χ1n) is 9.02. The molecule has 0 spiro atoms. The summed E-state index contributed by atoms with van der Waals surface area (Å²) < 4.78 is 0. The minimum Gasteiger partial charge on any atom is -0.335 e. The van der Waals surface area contributed by atoms with E-state index in [2.05, 4.69) is 16.7 Å². The second-order valence-electron chi connectivity index (χ2n) is 7.19. The van der Waals surface area contributed by atoms with Gasteiger partial charge in [0, 0.05) is 18.3 Å². The molecule has 2 aliphatic rings. The third-order valence-corrected chi connectivity index (χ3v) is 5.06. The second kappa shape index (κ2) is 7.24. The van der Waals surface area contributed by atoms with Gasteiger partial charge in [-0.2, -0.15) is 0 Å². The van der Waals surface area contributed by atoms with Crippen LogP contribution in [-0.4, -0.2) is 30.6 Å². The lowest BCUT2D eigenvalue weighted by Gasteiger charge is -2.28. The molecule has 1 aromatic rings. The molecular formula is C19H27N3O2. The maximum Gasteiger partial charge on any atom is 0.315 e. The van der Waals surface area contributed by atoms with Gasteiger partial charge in [0.15, 0.2) is 0 Å². The fourth-order valence-corrected chi connectivity index (χ4v) is 3.69. The molecule has 2 N–H and O–H groups in total. The van der Waals surface area contributed by atoms with Gasteiger partial charge in [-0.25, -0.2) is 4.79 Å². The van der Waals surface area contributed by atoms with E-state index in [1.165, 1.54) is 18.4 Å². The molecule has 0 saturated heterocycles. The molecule has 0 radical (unpaired) electrons. The van der Waals surface area contributed by atoms with Crippen molar-refractivity contribution < 1.29 is 9.59 Å². The first-order chi connectivity index (χ1) is 11.6. The molecule has 1 fully saturated rings. The van der Waals surface area contributed by atoms with Crippen molar-refractivity contribution in [2.75, 3.05) is 11.4 Å². The van der Waals surface area contributed by atoms with Crippen LogP contribution in [0.3, 0.4) is 0 Å². The molecule has 5 heteroatoms. The SMILES string of the molecule is CC(C)C(NC(=O)NC1CCCC1)C(=O)N1CCc2ccccc21. The third kappa shape index (κ3) is 3.55. The minimum absolute atomic E-state index is 0.0171. The van der Waals surface area contributed by atoms with Gasteiger partial charge in [0.2, 0.25) is 5.91 Å². The fraction of sp³-hybridized carbons (Fsp3) is 0.579. The number of carbonyl (C=O) groups is 2. The van der Waals surface area contributed by atoms with Crippen molar-refractivity contribution >= 4 is 17.6 Å². The van der Waals surface area contributed by atoms with Crippen LogP contribution in [0.25, 0.3) is 0 Å². The van der Waals surface area contributed by atoms with Crippen LogP contribution < -0.4 is 15.5 Å². The van der Waals surface area contributed by atoms with Crippen LogP contribution in [0, 0.1) is 5.92 Å². The molecule has 1 saturated carbocycles. The summed E-state index contributed by atoms with van der Waals surface area (Å²) in [5.41, 5.74) is 2.18. The lowest BCUT2D eigenvalue weighted by molar-refractivity contribution is -0.121. The zero-order valence-corrected chi connectivity index (χ0v) is 14.5. The molecule has 1 aromatic carbocycles. The number of para-hydroxylation sites is 1. The first-order valence-corrected chi connectivity index (χ1v) is 9.02.